The van der Waals surface area contributed by atoms with Gasteiger partial charge in [-0.15, -0.1) is 0 Å². The number of rotatable bonds is 2. The summed E-state index contributed by atoms with van der Waals surface area (Å²) in [5.41, 5.74) is 9.20. The van der Waals surface area contributed by atoms with Crippen molar-refractivity contribution in [3.8, 4) is 6.07 Å². The van der Waals surface area contributed by atoms with Gasteiger partial charge in [0.1, 0.15) is 0 Å². The van der Waals surface area contributed by atoms with Gasteiger partial charge in [0.15, 0.2) is 0 Å². The smallest absolute Gasteiger partial charge is 0.0994 e. The van der Waals surface area contributed by atoms with Gasteiger partial charge in [-0.1, -0.05) is 62.6 Å². The standard InChI is InChI=1S/C30H30N2Si/c1-9-21(16-31)23-15-25(33(6,7)8)28-22-12-10-11-13-24(22)32-29-18(3)14-17(2)19(4)26(29)20(5)27(23)30(28)32/h9-15H,5H2,1-4,6-8H3/b21-9-. The van der Waals surface area contributed by atoms with Crippen LogP contribution in [0.4, 0.5) is 0 Å². The van der Waals surface area contributed by atoms with Crippen molar-refractivity contribution in [2.45, 2.75) is 47.3 Å². The number of para-hydroxylation sites is 1. The molecule has 0 aliphatic heterocycles. The molecule has 0 fully saturated rings. The molecule has 0 aliphatic rings. The van der Waals surface area contributed by atoms with E-state index in [2.05, 4.69) is 93.9 Å². The summed E-state index contributed by atoms with van der Waals surface area (Å²) in [6.07, 6.45) is 1.94. The van der Waals surface area contributed by atoms with E-state index in [4.69, 9.17) is 0 Å². The SMILES string of the molecule is C=c1c2c(C)c(C)cc(C)c2n2c3ccccc3c3c([Si](C)(C)C)cc(/C(C#N)=C\C)c1c32. The second-order valence-electron chi connectivity index (χ2n) is 10.3. The summed E-state index contributed by atoms with van der Waals surface area (Å²) in [5, 5.41) is 17.4. The zero-order valence-corrected chi connectivity index (χ0v) is 21.6. The van der Waals surface area contributed by atoms with Crippen LogP contribution in [0.25, 0.3) is 50.2 Å². The molecular weight excluding hydrogens is 416 g/mol. The van der Waals surface area contributed by atoms with E-state index in [1.807, 2.05) is 13.0 Å². The zero-order valence-electron chi connectivity index (χ0n) is 20.6. The van der Waals surface area contributed by atoms with Crippen LogP contribution in [0.5, 0.6) is 0 Å². The molecule has 0 bridgehead atoms. The summed E-state index contributed by atoms with van der Waals surface area (Å²) in [5.74, 6) is 0. The summed E-state index contributed by atoms with van der Waals surface area (Å²) in [7, 11) is -1.74. The van der Waals surface area contributed by atoms with E-state index >= 15 is 0 Å². The molecular formula is C30H30N2Si. The summed E-state index contributed by atoms with van der Waals surface area (Å²) < 4.78 is 2.46. The van der Waals surface area contributed by atoms with Crippen LogP contribution in [-0.4, -0.2) is 12.5 Å². The van der Waals surface area contributed by atoms with E-state index in [0.717, 1.165) is 21.7 Å². The van der Waals surface area contributed by atoms with Crippen LogP contribution in [0.1, 0.15) is 29.2 Å². The fraction of sp³-hybridized carbons (Fsp3) is 0.233. The van der Waals surface area contributed by atoms with Crippen molar-refractivity contribution in [3.05, 3.63) is 69.9 Å². The topological polar surface area (TPSA) is 28.2 Å². The molecule has 0 radical (unpaired) electrons. The molecule has 0 saturated heterocycles. The number of hydrogen-bond acceptors (Lipinski definition) is 1. The van der Waals surface area contributed by atoms with Gasteiger partial charge >= 0.3 is 0 Å². The van der Waals surface area contributed by atoms with Crippen molar-refractivity contribution in [3.63, 3.8) is 0 Å². The molecule has 164 valence electrons. The van der Waals surface area contributed by atoms with Crippen LogP contribution in [-0.2, 0) is 0 Å². The lowest BCUT2D eigenvalue weighted by Gasteiger charge is -2.23. The van der Waals surface area contributed by atoms with Crippen molar-refractivity contribution >= 4 is 63.5 Å². The average molecular weight is 447 g/mol. The van der Waals surface area contributed by atoms with Gasteiger partial charge in [-0.3, -0.25) is 0 Å². The summed E-state index contributed by atoms with van der Waals surface area (Å²) in [6, 6.07) is 15.8. The molecule has 3 aromatic carbocycles. The molecule has 0 unspecified atom stereocenters. The highest BCUT2D eigenvalue weighted by molar-refractivity contribution is 6.90. The maximum atomic E-state index is 10.1. The summed E-state index contributed by atoms with van der Waals surface area (Å²) >= 11 is 0. The predicted octanol–water partition coefficient (Wildman–Crippen LogP) is 6.93. The highest BCUT2D eigenvalue weighted by atomic mass is 28.3. The maximum absolute atomic E-state index is 10.1. The van der Waals surface area contributed by atoms with Crippen LogP contribution in [0, 0.1) is 32.1 Å². The number of aryl methyl sites for hydroxylation is 3. The van der Waals surface area contributed by atoms with Gasteiger partial charge in [-0.2, -0.15) is 5.26 Å². The number of allylic oxidation sites excluding steroid dienone is 2. The van der Waals surface area contributed by atoms with Crippen molar-refractivity contribution in [2.75, 3.05) is 0 Å². The average Bonchev–Trinajstić information content (AvgIpc) is 3.10. The van der Waals surface area contributed by atoms with Gasteiger partial charge in [0.05, 0.1) is 36.3 Å². The Bertz CT molecular complexity index is 1750. The Kier molecular flexibility index (Phi) is 4.60. The number of pyridine rings is 1. The minimum absolute atomic E-state index is 0.717. The summed E-state index contributed by atoms with van der Waals surface area (Å²) in [6.45, 7) is 20.4. The Morgan fingerprint density at radius 3 is 2.30 bits per heavy atom. The highest BCUT2D eigenvalue weighted by Gasteiger charge is 2.28. The van der Waals surface area contributed by atoms with Crippen LogP contribution < -0.4 is 10.4 Å². The van der Waals surface area contributed by atoms with Crippen molar-refractivity contribution in [1.29, 1.82) is 5.26 Å². The van der Waals surface area contributed by atoms with E-state index in [1.165, 1.54) is 54.6 Å². The Morgan fingerprint density at radius 1 is 0.970 bits per heavy atom. The number of hydrogen-bond donors (Lipinski definition) is 0. The minimum atomic E-state index is -1.74. The minimum Gasteiger partial charge on any atom is -0.308 e. The molecule has 0 amide bonds. The Labute approximate surface area is 196 Å². The lowest BCUT2D eigenvalue weighted by molar-refractivity contribution is 1.27. The molecule has 0 N–H and O–H groups in total. The Hall–Kier alpha value is -3.35. The second kappa shape index (κ2) is 7.07. The molecule has 5 aromatic rings. The molecule has 33 heavy (non-hydrogen) atoms. The first-order valence-electron chi connectivity index (χ1n) is 11.6. The first kappa shape index (κ1) is 21.5. The lowest BCUT2D eigenvalue weighted by atomic mass is 9.92. The normalized spacial score (nSPS) is 13.0. The van der Waals surface area contributed by atoms with E-state index in [0.29, 0.717) is 0 Å². The number of fused-ring (bicyclic) bond motifs is 5. The molecule has 0 saturated carbocycles. The Morgan fingerprint density at radius 2 is 1.67 bits per heavy atom. The van der Waals surface area contributed by atoms with Gasteiger partial charge in [0.25, 0.3) is 0 Å². The monoisotopic (exact) mass is 446 g/mol. The van der Waals surface area contributed by atoms with E-state index in [1.54, 1.807) is 0 Å². The fourth-order valence-corrected chi connectivity index (χ4v) is 7.22. The van der Waals surface area contributed by atoms with E-state index in [9.17, 15) is 5.26 Å². The quantitative estimate of drug-likeness (QED) is 0.164. The van der Waals surface area contributed by atoms with Gasteiger partial charge in [0, 0.05) is 27.1 Å². The number of benzene rings is 3. The highest BCUT2D eigenvalue weighted by Crippen LogP contribution is 2.38. The number of aromatic nitrogens is 1. The zero-order chi connectivity index (χ0) is 23.8. The van der Waals surface area contributed by atoms with Crippen molar-refractivity contribution < 1.29 is 0 Å². The fourth-order valence-electron chi connectivity index (χ4n) is 5.64. The summed E-state index contributed by atoms with van der Waals surface area (Å²) in [4.78, 5) is 0. The van der Waals surface area contributed by atoms with Gasteiger partial charge in [-0.25, -0.2) is 0 Å². The number of nitrogens with zero attached hydrogens (tertiary/aromatic N) is 2. The van der Waals surface area contributed by atoms with Crippen LogP contribution in [0.3, 0.4) is 0 Å². The third-order valence-electron chi connectivity index (χ3n) is 7.28. The first-order valence-corrected chi connectivity index (χ1v) is 15.1. The van der Waals surface area contributed by atoms with Gasteiger partial charge in [-0.05, 0) is 60.9 Å². The molecule has 0 spiro atoms. The van der Waals surface area contributed by atoms with E-state index in [-0.39, 0.29) is 0 Å². The van der Waals surface area contributed by atoms with Crippen LogP contribution >= 0.6 is 0 Å². The molecule has 2 heterocycles. The van der Waals surface area contributed by atoms with Crippen molar-refractivity contribution in [2.24, 2.45) is 0 Å². The van der Waals surface area contributed by atoms with Crippen LogP contribution in [0.2, 0.25) is 19.6 Å². The van der Waals surface area contributed by atoms with Gasteiger partial charge in [0.2, 0.25) is 0 Å². The maximum Gasteiger partial charge on any atom is 0.0994 e. The lowest BCUT2D eigenvalue weighted by Crippen LogP contribution is -2.38. The first-order chi connectivity index (χ1) is 15.6. The third-order valence-corrected chi connectivity index (χ3v) is 9.29. The number of nitriles is 1. The molecule has 2 nitrogen and oxygen atoms in total. The molecule has 0 atom stereocenters. The molecule has 2 aromatic heterocycles. The largest absolute Gasteiger partial charge is 0.308 e. The predicted molar refractivity (Wildman–Crippen MR) is 147 cm³/mol. The van der Waals surface area contributed by atoms with Crippen molar-refractivity contribution in [1.82, 2.24) is 4.40 Å². The van der Waals surface area contributed by atoms with E-state index < -0.39 is 8.07 Å². The molecule has 5 rings (SSSR count). The molecule has 3 heteroatoms. The van der Waals surface area contributed by atoms with Crippen LogP contribution in [0.15, 0.2) is 42.5 Å². The Balaban J connectivity index is 2.31. The second-order valence-corrected chi connectivity index (χ2v) is 15.4. The third kappa shape index (κ3) is 2.77. The molecule has 0 aliphatic carbocycles. The van der Waals surface area contributed by atoms with Gasteiger partial charge < -0.3 is 4.40 Å².